The van der Waals surface area contributed by atoms with Crippen molar-refractivity contribution in [1.29, 1.82) is 0 Å². The lowest BCUT2D eigenvalue weighted by Gasteiger charge is -2.34. The van der Waals surface area contributed by atoms with E-state index in [1.807, 2.05) is 13.0 Å². The highest BCUT2D eigenvalue weighted by Crippen LogP contribution is 2.26. The second-order valence-corrected chi connectivity index (χ2v) is 6.96. The molecule has 2 saturated heterocycles. The van der Waals surface area contributed by atoms with Gasteiger partial charge in [-0.15, -0.1) is 0 Å². The van der Waals surface area contributed by atoms with Crippen LogP contribution in [-0.4, -0.2) is 47.2 Å². The third-order valence-corrected chi connectivity index (χ3v) is 4.94. The number of nitrogens with zero attached hydrogens (tertiary/aromatic N) is 4. The fraction of sp³-hybridized carbons (Fsp3) is 0.706. The lowest BCUT2D eigenvalue weighted by atomic mass is 9.97. The van der Waals surface area contributed by atoms with Crippen molar-refractivity contribution in [2.24, 2.45) is 11.8 Å². The van der Waals surface area contributed by atoms with Crippen molar-refractivity contribution in [2.45, 2.75) is 39.5 Å². The Balaban J connectivity index is 1.74. The molecule has 0 radical (unpaired) electrons. The third-order valence-electron chi connectivity index (χ3n) is 4.94. The Hall–Kier alpha value is -1.85. The predicted octanol–water partition coefficient (Wildman–Crippen LogP) is 2.32. The topological polar surface area (TPSA) is 69.6 Å². The quantitative estimate of drug-likeness (QED) is 0.922. The maximum Gasteiger partial charge on any atom is 0.306 e. The Morgan fingerprint density at radius 2 is 1.91 bits per heavy atom. The molecule has 6 heteroatoms. The molecule has 2 aliphatic heterocycles. The first-order valence-corrected chi connectivity index (χ1v) is 8.61. The minimum atomic E-state index is -0.675. The van der Waals surface area contributed by atoms with E-state index in [1.165, 1.54) is 12.8 Å². The van der Waals surface area contributed by atoms with Crippen LogP contribution in [0.1, 0.15) is 38.3 Å². The van der Waals surface area contributed by atoms with Gasteiger partial charge in [0.2, 0.25) is 5.95 Å². The van der Waals surface area contributed by atoms with Crippen LogP contribution in [0, 0.1) is 18.8 Å². The van der Waals surface area contributed by atoms with Crippen LogP contribution in [0.4, 0.5) is 11.8 Å². The van der Waals surface area contributed by atoms with Crippen molar-refractivity contribution in [1.82, 2.24) is 9.97 Å². The highest BCUT2D eigenvalue weighted by Gasteiger charge is 2.26. The molecule has 1 aromatic rings. The molecule has 1 N–H and O–H groups in total. The molecular formula is C17H26N4O2. The van der Waals surface area contributed by atoms with Crippen LogP contribution in [0.25, 0.3) is 0 Å². The highest BCUT2D eigenvalue weighted by molar-refractivity contribution is 5.70. The van der Waals surface area contributed by atoms with E-state index in [4.69, 9.17) is 10.1 Å². The third kappa shape index (κ3) is 3.74. The van der Waals surface area contributed by atoms with E-state index in [2.05, 4.69) is 21.7 Å². The molecule has 1 atom stereocenters. The Morgan fingerprint density at radius 3 is 2.57 bits per heavy atom. The molecule has 0 aliphatic carbocycles. The zero-order valence-electron chi connectivity index (χ0n) is 14.0. The summed E-state index contributed by atoms with van der Waals surface area (Å²) in [6.07, 6.45) is 3.85. The number of aryl methyl sites for hydroxylation is 1. The van der Waals surface area contributed by atoms with E-state index in [9.17, 15) is 4.79 Å². The van der Waals surface area contributed by atoms with E-state index in [0.717, 1.165) is 43.6 Å². The van der Waals surface area contributed by atoms with Gasteiger partial charge in [0, 0.05) is 37.9 Å². The first-order valence-electron chi connectivity index (χ1n) is 8.61. The molecular weight excluding hydrogens is 292 g/mol. The number of aromatic nitrogens is 2. The zero-order chi connectivity index (χ0) is 16.4. The zero-order valence-corrected chi connectivity index (χ0v) is 14.0. The van der Waals surface area contributed by atoms with E-state index >= 15 is 0 Å². The number of hydrogen-bond donors (Lipinski definition) is 1. The van der Waals surface area contributed by atoms with Gasteiger partial charge in [-0.05, 0) is 38.5 Å². The van der Waals surface area contributed by atoms with Crippen LogP contribution in [0.2, 0.25) is 0 Å². The first kappa shape index (κ1) is 16.0. The minimum absolute atomic E-state index is 0.211. The van der Waals surface area contributed by atoms with Gasteiger partial charge >= 0.3 is 5.97 Å². The Bertz CT molecular complexity index is 570. The van der Waals surface area contributed by atoms with E-state index in [-0.39, 0.29) is 5.92 Å². The Morgan fingerprint density at radius 1 is 1.17 bits per heavy atom. The molecule has 23 heavy (non-hydrogen) atoms. The number of carboxylic acids is 1. The standard InChI is InChI=1S/C17H26N4O2/c1-12-4-3-7-21(11-12)17-18-13(2)10-15(19-17)20-8-5-14(6-9-20)16(22)23/h10,12,14H,3-9,11H2,1-2H3,(H,22,23). The van der Waals surface area contributed by atoms with Gasteiger partial charge in [-0.1, -0.05) is 6.92 Å². The lowest BCUT2D eigenvalue weighted by molar-refractivity contribution is -0.142. The summed E-state index contributed by atoms with van der Waals surface area (Å²) in [5, 5.41) is 9.13. The van der Waals surface area contributed by atoms with Gasteiger partial charge in [0.25, 0.3) is 0 Å². The SMILES string of the molecule is Cc1cc(N2CCC(C(=O)O)CC2)nc(N2CCCC(C)C2)n1. The van der Waals surface area contributed by atoms with Crippen molar-refractivity contribution < 1.29 is 9.90 Å². The molecule has 3 heterocycles. The molecule has 1 aromatic heterocycles. The molecule has 0 spiro atoms. The predicted molar refractivity (Wildman–Crippen MR) is 90.0 cm³/mol. The fourth-order valence-corrected chi connectivity index (χ4v) is 3.57. The van der Waals surface area contributed by atoms with Crippen LogP contribution in [0.5, 0.6) is 0 Å². The van der Waals surface area contributed by atoms with Crippen molar-refractivity contribution >= 4 is 17.7 Å². The Labute approximate surface area is 137 Å². The summed E-state index contributed by atoms with van der Waals surface area (Å²) in [7, 11) is 0. The normalized spacial score (nSPS) is 23.1. The van der Waals surface area contributed by atoms with E-state index in [0.29, 0.717) is 18.8 Å². The van der Waals surface area contributed by atoms with Crippen LogP contribution in [0.3, 0.4) is 0 Å². The van der Waals surface area contributed by atoms with Gasteiger partial charge in [0.15, 0.2) is 0 Å². The average molecular weight is 318 g/mol. The molecule has 0 amide bonds. The van der Waals surface area contributed by atoms with Crippen LogP contribution in [0.15, 0.2) is 6.07 Å². The van der Waals surface area contributed by atoms with Gasteiger partial charge in [0.1, 0.15) is 5.82 Å². The van der Waals surface area contributed by atoms with E-state index < -0.39 is 5.97 Å². The molecule has 6 nitrogen and oxygen atoms in total. The monoisotopic (exact) mass is 318 g/mol. The molecule has 0 saturated carbocycles. The van der Waals surface area contributed by atoms with Crippen molar-refractivity contribution in [3.63, 3.8) is 0 Å². The second-order valence-electron chi connectivity index (χ2n) is 6.96. The molecule has 0 bridgehead atoms. The number of hydrogen-bond acceptors (Lipinski definition) is 5. The lowest BCUT2D eigenvalue weighted by Crippen LogP contribution is -2.38. The Kier molecular flexibility index (Phi) is 4.68. The smallest absolute Gasteiger partial charge is 0.306 e. The van der Waals surface area contributed by atoms with Crippen molar-refractivity contribution in [3.05, 3.63) is 11.8 Å². The number of rotatable bonds is 3. The maximum absolute atomic E-state index is 11.1. The summed E-state index contributed by atoms with van der Waals surface area (Å²) < 4.78 is 0. The number of carboxylic acid groups (broad SMARTS) is 1. The van der Waals surface area contributed by atoms with Gasteiger partial charge in [-0.25, -0.2) is 4.98 Å². The summed E-state index contributed by atoms with van der Waals surface area (Å²) in [6.45, 7) is 7.83. The molecule has 0 aromatic carbocycles. The van der Waals surface area contributed by atoms with Crippen LogP contribution < -0.4 is 9.80 Å². The summed E-state index contributed by atoms with van der Waals surface area (Å²) in [5.74, 6) is 1.56. The summed E-state index contributed by atoms with van der Waals surface area (Å²) in [6, 6.07) is 2.01. The van der Waals surface area contributed by atoms with Gasteiger partial charge < -0.3 is 14.9 Å². The number of carbonyl (C=O) groups is 1. The van der Waals surface area contributed by atoms with Crippen molar-refractivity contribution in [2.75, 3.05) is 36.0 Å². The summed E-state index contributed by atoms with van der Waals surface area (Å²) in [5.41, 5.74) is 0.976. The van der Waals surface area contributed by atoms with Gasteiger partial charge in [-0.2, -0.15) is 4.98 Å². The first-order chi connectivity index (χ1) is 11.0. The molecule has 2 fully saturated rings. The summed E-state index contributed by atoms with van der Waals surface area (Å²) in [4.78, 5) is 25.0. The number of anilines is 2. The second kappa shape index (κ2) is 6.72. The largest absolute Gasteiger partial charge is 0.481 e. The van der Waals surface area contributed by atoms with E-state index in [1.54, 1.807) is 0 Å². The molecule has 126 valence electrons. The molecule has 3 rings (SSSR count). The summed E-state index contributed by atoms with van der Waals surface area (Å²) >= 11 is 0. The van der Waals surface area contributed by atoms with Crippen LogP contribution >= 0.6 is 0 Å². The number of aliphatic carboxylic acids is 1. The average Bonchev–Trinajstić information content (AvgIpc) is 2.54. The highest BCUT2D eigenvalue weighted by atomic mass is 16.4. The number of piperidine rings is 2. The molecule has 1 unspecified atom stereocenters. The van der Waals surface area contributed by atoms with Gasteiger partial charge in [0.05, 0.1) is 5.92 Å². The van der Waals surface area contributed by atoms with Gasteiger partial charge in [-0.3, -0.25) is 4.79 Å². The maximum atomic E-state index is 11.1. The van der Waals surface area contributed by atoms with Crippen molar-refractivity contribution in [3.8, 4) is 0 Å². The minimum Gasteiger partial charge on any atom is -0.481 e. The van der Waals surface area contributed by atoms with Crippen LogP contribution in [-0.2, 0) is 4.79 Å². The molecule has 2 aliphatic rings. The fourth-order valence-electron chi connectivity index (χ4n) is 3.57.